The lowest BCUT2D eigenvalue weighted by molar-refractivity contribution is 0.374. The Morgan fingerprint density at radius 1 is 0.800 bits per heavy atom. The highest BCUT2D eigenvalue weighted by Gasteiger charge is 2.33. The van der Waals surface area contributed by atoms with Crippen molar-refractivity contribution in [1.82, 2.24) is 0 Å². The second kappa shape index (κ2) is 5.50. The van der Waals surface area contributed by atoms with Crippen LogP contribution in [0.1, 0.15) is 30.4 Å². The third-order valence-electron chi connectivity index (χ3n) is 4.21. The molecule has 0 bridgehead atoms. The molecule has 2 aromatic rings. The first-order valence-electron chi connectivity index (χ1n) is 7.24. The lowest BCUT2D eigenvalue weighted by atomic mass is 9.67. The first kappa shape index (κ1) is 12.9. The molecule has 100 valence electrons. The average Bonchev–Trinajstić information content (AvgIpc) is 2.50. The maximum atomic E-state index is 2.36. The van der Waals surface area contributed by atoms with Gasteiger partial charge in [-0.05, 0) is 17.5 Å². The molecule has 3 rings (SSSR count). The van der Waals surface area contributed by atoms with Gasteiger partial charge >= 0.3 is 0 Å². The van der Waals surface area contributed by atoms with Crippen LogP contribution in [0.2, 0.25) is 0 Å². The van der Waals surface area contributed by atoms with Gasteiger partial charge in [0.25, 0.3) is 0 Å². The van der Waals surface area contributed by atoms with Gasteiger partial charge < -0.3 is 0 Å². The summed E-state index contributed by atoms with van der Waals surface area (Å²) in [6.45, 7) is 2.36. The minimum absolute atomic E-state index is 0.136. The van der Waals surface area contributed by atoms with Gasteiger partial charge in [-0.2, -0.15) is 0 Å². The normalized spacial score (nSPS) is 21.3. The monoisotopic (exact) mass is 260 g/mol. The topological polar surface area (TPSA) is 0 Å². The molecule has 0 nitrogen and oxygen atoms in total. The predicted octanol–water partition coefficient (Wildman–Crippen LogP) is 5.34. The molecule has 1 aliphatic carbocycles. The molecule has 0 radical (unpaired) electrons. The van der Waals surface area contributed by atoms with Crippen molar-refractivity contribution in [2.75, 3.05) is 0 Å². The van der Waals surface area contributed by atoms with E-state index in [0.29, 0.717) is 5.92 Å². The zero-order valence-electron chi connectivity index (χ0n) is 11.9. The predicted molar refractivity (Wildman–Crippen MR) is 85.7 cm³/mol. The molecule has 0 heteroatoms. The van der Waals surface area contributed by atoms with Crippen LogP contribution in [0.15, 0.2) is 85.0 Å². The van der Waals surface area contributed by atoms with Crippen LogP contribution in [-0.2, 0) is 0 Å². The summed E-state index contributed by atoms with van der Waals surface area (Å²) in [5.74, 6) is 0.395. The summed E-state index contributed by atoms with van der Waals surface area (Å²) in [5.41, 5.74) is 2.92. The van der Waals surface area contributed by atoms with E-state index in [1.807, 2.05) is 0 Å². The second-order valence-electron chi connectivity index (χ2n) is 5.75. The van der Waals surface area contributed by atoms with Crippen LogP contribution in [-0.4, -0.2) is 0 Å². The molecule has 20 heavy (non-hydrogen) atoms. The van der Waals surface area contributed by atoms with Gasteiger partial charge in [-0.25, -0.2) is 0 Å². The van der Waals surface area contributed by atoms with Gasteiger partial charge in [0.15, 0.2) is 0 Å². The molecule has 0 saturated carbocycles. The van der Waals surface area contributed by atoms with E-state index in [1.165, 1.54) is 11.1 Å². The molecular weight excluding hydrogens is 240 g/mol. The average molecular weight is 260 g/mol. The van der Waals surface area contributed by atoms with Gasteiger partial charge in [0, 0.05) is 11.3 Å². The number of hydrogen-bond acceptors (Lipinski definition) is 0. The van der Waals surface area contributed by atoms with E-state index in [-0.39, 0.29) is 5.41 Å². The second-order valence-corrected chi connectivity index (χ2v) is 5.75. The van der Waals surface area contributed by atoms with Crippen LogP contribution < -0.4 is 0 Å². The Labute approximate surface area is 121 Å². The molecule has 0 spiro atoms. The summed E-state index contributed by atoms with van der Waals surface area (Å²) in [6, 6.07) is 21.7. The molecule has 0 unspecified atom stereocenters. The molecule has 0 heterocycles. The Hall–Kier alpha value is -2.08. The van der Waals surface area contributed by atoms with Crippen LogP contribution >= 0.6 is 0 Å². The summed E-state index contributed by atoms with van der Waals surface area (Å²) in [7, 11) is 0. The van der Waals surface area contributed by atoms with Crippen molar-refractivity contribution in [3.05, 3.63) is 96.1 Å². The van der Waals surface area contributed by atoms with Gasteiger partial charge in [-0.15, -0.1) is 0 Å². The van der Waals surface area contributed by atoms with E-state index in [4.69, 9.17) is 0 Å². The van der Waals surface area contributed by atoms with E-state index in [1.54, 1.807) is 0 Å². The third-order valence-corrected chi connectivity index (χ3v) is 4.21. The SMILES string of the molecule is C[C@@]1(C(c2ccccc2)c2ccccc2)C=CC=CC1. The first-order chi connectivity index (χ1) is 9.80. The molecule has 0 amide bonds. The maximum absolute atomic E-state index is 2.36. The van der Waals surface area contributed by atoms with E-state index in [2.05, 4.69) is 91.9 Å². The molecule has 0 saturated heterocycles. The van der Waals surface area contributed by atoms with Gasteiger partial charge in [0.05, 0.1) is 0 Å². The largest absolute Gasteiger partial charge is 0.0837 e. The van der Waals surface area contributed by atoms with Crippen LogP contribution in [0.25, 0.3) is 0 Å². The van der Waals surface area contributed by atoms with Crippen molar-refractivity contribution in [1.29, 1.82) is 0 Å². The van der Waals surface area contributed by atoms with Crippen LogP contribution in [0, 0.1) is 5.41 Å². The van der Waals surface area contributed by atoms with Gasteiger partial charge in [0.2, 0.25) is 0 Å². The molecule has 0 aromatic heterocycles. The number of rotatable bonds is 3. The summed E-state index contributed by atoms with van der Waals surface area (Å²) < 4.78 is 0. The molecule has 0 N–H and O–H groups in total. The minimum atomic E-state index is 0.136. The van der Waals surface area contributed by atoms with Crippen LogP contribution in [0.3, 0.4) is 0 Å². The highest BCUT2D eigenvalue weighted by molar-refractivity contribution is 5.38. The number of benzene rings is 2. The van der Waals surface area contributed by atoms with Crippen molar-refractivity contribution in [2.24, 2.45) is 5.41 Å². The molecule has 1 atom stereocenters. The van der Waals surface area contributed by atoms with E-state index < -0.39 is 0 Å². The summed E-state index contributed by atoms with van der Waals surface area (Å²) >= 11 is 0. The maximum Gasteiger partial charge on any atom is 0.0181 e. The van der Waals surface area contributed by atoms with Crippen LogP contribution in [0.4, 0.5) is 0 Å². The zero-order chi connectivity index (χ0) is 13.8. The van der Waals surface area contributed by atoms with E-state index in [0.717, 1.165) is 6.42 Å². The van der Waals surface area contributed by atoms with Crippen molar-refractivity contribution >= 4 is 0 Å². The van der Waals surface area contributed by atoms with Crippen LogP contribution in [0.5, 0.6) is 0 Å². The van der Waals surface area contributed by atoms with Crippen molar-refractivity contribution in [3.63, 3.8) is 0 Å². The summed E-state index contributed by atoms with van der Waals surface area (Å²) in [4.78, 5) is 0. The number of allylic oxidation sites excluding steroid dienone is 4. The highest BCUT2D eigenvalue weighted by atomic mass is 14.4. The molecule has 0 fully saturated rings. The van der Waals surface area contributed by atoms with E-state index >= 15 is 0 Å². The number of hydrogen-bond donors (Lipinski definition) is 0. The fourth-order valence-electron chi connectivity index (χ4n) is 3.20. The fraction of sp³-hybridized carbons (Fsp3) is 0.200. The quantitative estimate of drug-likeness (QED) is 0.698. The molecule has 2 aromatic carbocycles. The van der Waals surface area contributed by atoms with Crippen molar-refractivity contribution < 1.29 is 0 Å². The fourth-order valence-corrected chi connectivity index (χ4v) is 3.20. The Morgan fingerprint density at radius 3 is 1.80 bits per heavy atom. The third kappa shape index (κ3) is 2.46. The molecular formula is C20H20. The highest BCUT2D eigenvalue weighted by Crippen LogP contribution is 2.45. The smallest absolute Gasteiger partial charge is 0.0181 e. The molecule has 1 aliphatic rings. The minimum Gasteiger partial charge on any atom is -0.0837 e. The summed E-state index contributed by atoms with van der Waals surface area (Å²) in [5, 5.41) is 0. The zero-order valence-corrected chi connectivity index (χ0v) is 11.9. The summed E-state index contributed by atoms with van der Waals surface area (Å²) in [6.07, 6.45) is 10.0. The Morgan fingerprint density at radius 2 is 1.35 bits per heavy atom. The molecule has 0 aliphatic heterocycles. The van der Waals surface area contributed by atoms with Gasteiger partial charge in [-0.3, -0.25) is 0 Å². The first-order valence-corrected chi connectivity index (χ1v) is 7.24. The lowest BCUT2D eigenvalue weighted by Gasteiger charge is -2.36. The lowest BCUT2D eigenvalue weighted by Crippen LogP contribution is -2.25. The Bertz CT molecular complexity index is 568. The Balaban J connectivity index is 2.09. The standard InChI is InChI=1S/C20H20/c1-20(15-9-4-10-16-20)19(17-11-5-2-6-12-17)18-13-7-3-8-14-18/h2-15,19H,16H2,1H3/t20-/m1/s1. The van der Waals surface area contributed by atoms with Gasteiger partial charge in [-0.1, -0.05) is 91.9 Å². The van der Waals surface area contributed by atoms with Gasteiger partial charge in [0.1, 0.15) is 0 Å². The van der Waals surface area contributed by atoms with Crippen molar-refractivity contribution in [3.8, 4) is 0 Å². The van der Waals surface area contributed by atoms with E-state index in [9.17, 15) is 0 Å². The Kier molecular flexibility index (Phi) is 3.56. The van der Waals surface area contributed by atoms with Crippen molar-refractivity contribution in [2.45, 2.75) is 19.3 Å².